The van der Waals surface area contributed by atoms with Crippen LogP contribution in [0.2, 0.25) is 5.02 Å². The lowest BCUT2D eigenvalue weighted by Crippen LogP contribution is -2.49. The highest BCUT2D eigenvalue weighted by molar-refractivity contribution is 6.33. The number of fused-ring (bicyclic) bond motifs is 1. The highest BCUT2D eigenvalue weighted by Gasteiger charge is 2.38. The Morgan fingerprint density at radius 3 is 2.51 bits per heavy atom. The molecule has 2 aromatic carbocycles. The largest absolute Gasteiger partial charge is 0.511 e. The minimum Gasteiger partial charge on any atom is -0.449 e. The second-order valence-corrected chi connectivity index (χ2v) is 9.93. The van der Waals surface area contributed by atoms with Crippen LogP contribution in [0.25, 0.3) is 0 Å². The molecule has 1 fully saturated rings. The number of halogens is 1. The predicted octanol–water partition coefficient (Wildman–Crippen LogP) is 4.89. The fourth-order valence-corrected chi connectivity index (χ4v) is 5.70. The number of ether oxygens (including phenoxy) is 1. The zero-order chi connectivity index (χ0) is 26.1. The molecule has 0 radical (unpaired) electrons. The van der Waals surface area contributed by atoms with Crippen LogP contribution in [0.4, 0.5) is 10.5 Å². The van der Waals surface area contributed by atoms with E-state index in [-0.39, 0.29) is 29.3 Å². The monoisotopic (exact) mass is 521 g/mol. The molecule has 9 heteroatoms. The van der Waals surface area contributed by atoms with E-state index in [1.54, 1.807) is 60.3 Å². The van der Waals surface area contributed by atoms with Gasteiger partial charge in [-0.2, -0.15) is 0 Å². The number of aryl methyl sites for hydroxylation is 2. The third-order valence-corrected chi connectivity index (χ3v) is 7.68. The highest BCUT2D eigenvalue weighted by atomic mass is 35.5. The van der Waals surface area contributed by atoms with Crippen LogP contribution < -0.4 is 15.2 Å². The lowest BCUT2D eigenvalue weighted by molar-refractivity contribution is 0.0529. The molecule has 1 saturated heterocycles. The van der Waals surface area contributed by atoms with Crippen molar-refractivity contribution < 1.29 is 19.4 Å². The number of carbonyl (C=O) groups excluding carboxylic acids is 1. The van der Waals surface area contributed by atoms with E-state index in [0.29, 0.717) is 23.7 Å². The first-order chi connectivity index (χ1) is 17.8. The zero-order valence-electron chi connectivity index (χ0n) is 20.5. The van der Waals surface area contributed by atoms with Crippen LogP contribution in [-0.2, 0) is 13.5 Å². The fraction of sp³-hybridized carbons (Fsp3) is 0.321. The number of aromatic nitrogens is 1. The quantitative estimate of drug-likeness (QED) is 0.379. The molecule has 0 bridgehead atoms. The smallest absolute Gasteiger partial charge is 0.449 e. The second-order valence-electron chi connectivity index (χ2n) is 9.53. The number of benzene rings is 2. The number of rotatable bonds is 5. The van der Waals surface area contributed by atoms with Gasteiger partial charge < -0.3 is 24.2 Å². The Labute approximate surface area is 219 Å². The molecular formula is C28H28ClN3O5. The number of carbonyl (C=O) groups is 2. The first-order valence-corrected chi connectivity index (χ1v) is 12.7. The van der Waals surface area contributed by atoms with Crippen LogP contribution in [-0.4, -0.2) is 45.8 Å². The van der Waals surface area contributed by atoms with Gasteiger partial charge in [0.15, 0.2) is 0 Å². The number of pyridine rings is 1. The summed E-state index contributed by atoms with van der Waals surface area (Å²) in [6, 6.07) is 15.6. The summed E-state index contributed by atoms with van der Waals surface area (Å²) in [5.74, 6) is 0.101. The number of hydrogen-bond acceptors (Lipinski definition) is 5. The van der Waals surface area contributed by atoms with Crippen molar-refractivity contribution >= 4 is 29.4 Å². The van der Waals surface area contributed by atoms with Crippen molar-refractivity contribution in [2.75, 3.05) is 18.0 Å². The molecule has 2 heterocycles. The van der Waals surface area contributed by atoms with Gasteiger partial charge in [0.25, 0.3) is 11.5 Å². The number of anilines is 1. The normalized spacial score (nSPS) is 17.4. The van der Waals surface area contributed by atoms with Gasteiger partial charge in [-0.1, -0.05) is 29.8 Å². The molecule has 5 rings (SSSR count). The van der Waals surface area contributed by atoms with Gasteiger partial charge in [-0.05, 0) is 67.1 Å². The molecule has 0 saturated carbocycles. The standard InChI is InChI=1S/C28H28ClN3O5/c1-30-13-10-20(16-26(30)33)31-14-11-19(12-15-31)32(27(34)22-4-2-3-5-24(22)29)25-9-7-18-6-8-21(17-23(18)25)37-28(35)36/h2-6,8,10,13,16-17,19,25H,7,9,11-12,14-15H2,1H3,(H,35,36)/t25-/m1/s1. The fourth-order valence-electron chi connectivity index (χ4n) is 5.48. The van der Waals surface area contributed by atoms with Gasteiger partial charge >= 0.3 is 6.16 Å². The van der Waals surface area contributed by atoms with Gasteiger partial charge in [-0.3, -0.25) is 9.59 Å². The van der Waals surface area contributed by atoms with E-state index >= 15 is 0 Å². The maximum Gasteiger partial charge on any atom is 0.511 e. The summed E-state index contributed by atoms with van der Waals surface area (Å²) < 4.78 is 6.46. The zero-order valence-corrected chi connectivity index (χ0v) is 21.2. The van der Waals surface area contributed by atoms with Crippen LogP contribution in [0, 0.1) is 0 Å². The Morgan fingerprint density at radius 1 is 1.05 bits per heavy atom. The maximum atomic E-state index is 14.0. The van der Waals surface area contributed by atoms with Gasteiger partial charge in [0.1, 0.15) is 5.75 Å². The first kappa shape index (κ1) is 24.9. The maximum absolute atomic E-state index is 14.0. The van der Waals surface area contributed by atoms with Gasteiger partial charge in [0.05, 0.1) is 16.6 Å². The van der Waals surface area contributed by atoms with Crippen LogP contribution in [0.1, 0.15) is 46.8 Å². The third-order valence-electron chi connectivity index (χ3n) is 7.35. The molecule has 192 valence electrons. The van der Waals surface area contributed by atoms with E-state index in [4.69, 9.17) is 21.4 Å². The molecule has 0 unspecified atom stereocenters. The van der Waals surface area contributed by atoms with Gasteiger partial charge in [-0.25, -0.2) is 4.79 Å². The molecule has 0 spiro atoms. The average molecular weight is 522 g/mol. The molecule has 1 amide bonds. The summed E-state index contributed by atoms with van der Waals surface area (Å²) in [6.45, 7) is 1.40. The van der Waals surface area contributed by atoms with E-state index in [9.17, 15) is 14.4 Å². The average Bonchev–Trinajstić information content (AvgIpc) is 3.29. The van der Waals surface area contributed by atoms with Gasteiger partial charge in [0, 0.05) is 44.1 Å². The Balaban J connectivity index is 1.45. The van der Waals surface area contributed by atoms with Crippen molar-refractivity contribution in [1.29, 1.82) is 0 Å². The minimum absolute atomic E-state index is 0.0495. The third kappa shape index (κ3) is 5.06. The van der Waals surface area contributed by atoms with Crippen LogP contribution in [0.15, 0.2) is 65.6 Å². The molecule has 1 atom stereocenters. The number of nitrogens with zero attached hydrogens (tertiary/aromatic N) is 3. The number of amides is 1. The topological polar surface area (TPSA) is 92.1 Å². The lowest BCUT2D eigenvalue weighted by Gasteiger charge is -2.42. The Morgan fingerprint density at radius 2 is 1.81 bits per heavy atom. The number of piperidine rings is 1. The molecule has 37 heavy (non-hydrogen) atoms. The Kier molecular flexibility index (Phi) is 6.93. The van der Waals surface area contributed by atoms with Crippen LogP contribution >= 0.6 is 11.6 Å². The molecule has 1 aliphatic carbocycles. The van der Waals surface area contributed by atoms with Crippen molar-refractivity contribution in [3.8, 4) is 5.75 Å². The van der Waals surface area contributed by atoms with Crippen molar-refractivity contribution in [3.63, 3.8) is 0 Å². The van der Waals surface area contributed by atoms with E-state index in [2.05, 4.69) is 4.90 Å². The van der Waals surface area contributed by atoms with Crippen LogP contribution in [0.3, 0.4) is 0 Å². The van der Waals surface area contributed by atoms with Crippen molar-refractivity contribution in [2.45, 2.75) is 37.8 Å². The summed E-state index contributed by atoms with van der Waals surface area (Å²) in [5, 5.41) is 9.49. The first-order valence-electron chi connectivity index (χ1n) is 12.3. The summed E-state index contributed by atoms with van der Waals surface area (Å²) in [7, 11) is 1.73. The summed E-state index contributed by atoms with van der Waals surface area (Å²) >= 11 is 6.45. The second kappa shape index (κ2) is 10.3. The van der Waals surface area contributed by atoms with Gasteiger partial charge in [0.2, 0.25) is 0 Å². The van der Waals surface area contributed by atoms with E-state index in [0.717, 1.165) is 42.5 Å². The van der Waals surface area contributed by atoms with Crippen molar-refractivity contribution in [1.82, 2.24) is 9.47 Å². The predicted molar refractivity (Wildman–Crippen MR) is 141 cm³/mol. The van der Waals surface area contributed by atoms with Crippen molar-refractivity contribution in [3.05, 3.63) is 92.9 Å². The summed E-state index contributed by atoms with van der Waals surface area (Å²) in [6.07, 6.45) is 3.36. The lowest BCUT2D eigenvalue weighted by atomic mass is 9.96. The van der Waals surface area contributed by atoms with E-state index in [1.807, 2.05) is 17.0 Å². The number of hydrogen-bond donors (Lipinski definition) is 1. The molecule has 1 aliphatic heterocycles. The van der Waals surface area contributed by atoms with E-state index < -0.39 is 6.16 Å². The summed E-state index contributed by atoms with van der Waals surface area (Å²) in [5.41, 5.74) is 3.26. The van der Waals surface area contributed by atoms with E-state index in [1.165, 1.54) is 0 Å². The molecule has 1 N–H and O–H groups in total. The molecular weight excluding hydrogens is 494 g/mol. The molecule has 8 nitrogen and oxygen atoms in total. The molecule has 1 aromatic heterocycles. The Bertz CT molecular complexity index is 1400. The van der Waals surface area contributed by atoms with Crippen LogP contribution in [0.5, 0.6) is 5.75 Å². The van der Waals surface area contributed by atoms with Crippen molar-refractivity contribution in [2.24, 2.45) is 7.05 Å². The SMILES string of the molecule is Cn1ccc(N2CCC(N(C(=O)c3ccccc3Cl)[C@@H]3CCc4ccc(OC(=O)O)cc43)CC2)cc1=O. The molecule has 3 aromatic rings. The highest BCUT2D eigenvalue weighted by Crippen LogP contribution is 2.41. The Hall–Kier alpha value is -3.78. The summed E-state index contributed by atoms with van der Waals surface area (Å²) in [4.78, 5) is 41.4. The number of carboxylic acid groups (broad SMARTS) is 1. The molecule has 2 aliphatic rings. The van der Waals surface area contributed by atoms with Gasteiger partial charge in [-0.15, -0.1) is 0 Å². The minimum atomic E-state index is -1.37.